The fourth-order valence-corrected chi connectivity index (χ4v) is 2.67. The van der Waals surface area contributed by atoms with E-state index in [0.717, 1.165) is 23.4 Å². The van der Waals surface area contributed by atoms with Gasteiger partial charge in [0.25, 0.3) is 0 Å². The maximum absolute atomic E-state index is 12.1. The lowest BCUT2D eigenvalue weighted by atomic mass is 10.1. The first-order valence-corrected chi connectivity index (χ1v) is 6.94. The van der Waals surface area contributed by atoms with E-state index in [1.165, 1.54) is 0 Å². The molecule has 3 heteroatoms. The van der Waals surface area contributed by atoms with Crippen LogP contribution in [-0.2, 0) is 4.79 Å². The second kappa shape index (κ2) is 5.47. The molecule has 1 amide bonds. The Hall–Kier alpha value is -2.13. The topological polar surface area (TPSA) is 46.3 Å². The van der Waals surface area contributed by atoms with Crippen LogP contribution in [0.3, 0.4) is 0 Å². The minimum Gasteiger partial charge on any atom is -0.330 e. The summed E-state index contributed by atoms with van der Waals surface area (Å²) in [6.07, 6.45) is 0.562. The first-order valence-electron chi connectivity index (χ1n) is 6.94. The van der Waals surface area contributed by atoms with Gasteiger partial charge in [-0.25, -0.2) is 0 Å². The third kappa shape index (κ3) is 2.45. The number of carbonyl (C=O) groups excluding carboxylic acids is 1. The molecule has 1 unspecified atom stereocenters. The molecule has 0 bridgehead atoms. The van der Waals surface area contributed by atoms with Gasteiger partial charge in [-0.05, 0) is 35.7 Å². The second-order valence-electron chi connectivity index (χ2n) is 5.23. The standard InChI is InChI=1S/C17H18N2O/c18-11-13-9-17(20)19(12-13)16-8-4-7-15(10-16)14-5-2-1-3-6-14/h1-8,10,13H,9,11-12,18H2. The minimum absolute atomic E-state index is 0.172. The van der Waals surface area contributed by atoms with Crippen LogP contribution in [0, 0.1) is 5.92 Å². The number of nitrogens with zero attached hydrogens (tertiary/aromatic N) is 1. The van der Waals surface area contributed by atoms with Crippen molar-refractivity contribution >= 4 is 11.6 Å². The Morgan fingerprint density at radius 2 is 1.80 bits per heavy atom. The molecule has 0 aromatic heterocycles. The van der Waals surface area contributed by atoms with E-state index >= 15 is 0 Å². The number of hydrogen-bond donors (Lipinski definition) is 1. The summed E-state index contributed by atoms with van der Waals surface area (Å²) < 4.78 is 0. The average molecular weight is 266 g/mol. The molecule has 1 aliphatic rings. The van der Waals surface area contributed by atoms with Gasteiger partial charge in [0.1, 0.15) is 0 Å². The van der Waals surface area contributed by atoms with Gasteiger partial charge in [0, 0.05) is 18.7 Å². The third-order valence-corrected chi connectivity index (χ3v) is 3.80. The molecule has 1 heterocycles. The molecular weight excluding hydrogens is 248 g/mol. The Bertz CT molecular complexity index is 609. The highest BCUT2D eigenvalue weighted by atomic mass is 16.2. The lowest BCUT2D eigenvalue weighted by Gasteiger charge is -2.17. The number of amides is 1. The zero-order chi connectivity index (χ0) is 13.9. The molecule has 0 spiro atoms. The van der Waals surface area contributed by atoms with Crippen LogP contribution in [0.5, 0.6) is 0 Å². The summed E-state index contributed by atoms with van der Waals surface area (Å²) in [6.45, 7) is 1.30. The lowest BCUT2D eigenvalue weighted by molar-refractivity contribution is -0.117. The van der Waals surface area contributed by atoms with Crippen molar-refractivity contribution in [2.45, 2.75) is 6.42 Å². The van der Waals surface area contributed by atoms with Crippen molar-refractivity contribution in [1.29, 1.82) is 0 Å². The van der Waals surface area contributed by atoms with Crippen LogP contribution in [0.15, 0.2) is 54.6 Å². The molecule has 2 N–H and O–H groups in total. The Morgan fingerprint density at radius 3 is 2.50 bits per heavy atom. The van der Waals surface area contributed by atoms with Crippen molar-refractivity contribution < 1.29 is 4.79 Å². The molecule has 1 saturated heterocycles. The van der Waals surface area contributed by atoms with Crippen LogP contribution in [0.4, 0.5) is 5.69 Å². The van der Waals surface area contributed by atoms with Gasteiger partial charge in [0.15, 0.2) is 0 Å². The number of hydrogen-bond acceptors (Lipinski definition) is 2. The molecule has 102 valence electrons. The van der Waals surface area contributed by atoms with Gasteiger partial charge in [0.2, 0.25) is 5.91 Å². The van der Waals surface area contributed by atoms with Crippen molar-refractivity contribution in [3.63, 3.8) is 0 Å². The van der Waals surface area contributed by atoms with Crippen LogP contribution >= 0.6 is 0 Å². The zero-order valence-electron chi connectivity index (χ0n) is 11.3. The van der Waals surface area contributed by atoms with Crippen molar-refractivity contribution in [2.24, 2.45) is 11.7 Å². The van der Waals surface area contributed by atoms with E-state index in [1.807, 2.05) is 35.2 Å². The molecule has 0 saturated carbocycles. The van der Waals surface area contributed by atoms with Gasteiger partial charge in [-0.1, -0.05) is 42.5 Å². The number of carbonyl (C=O) groups is 1. The van der Waals surface area contributed by atoms with Gasteiger partial charge < -0.3 is 10.6 Å². The Morgan fingerprint density at radius 1 is 1.05 bits per heavy atom. The van der Waals surface area contributed by atoms with Gasteiger partial charge in [-0.3, -0.25) is 4.79 Å². The van der Waals surface area contributed by atoms with Gasteiger partial charge in [-0.15, -0.1) is 0 Å². The molecule has 20 heavy (non-hydrogen) atoms. The Kier molecular flexibility index (Phi) is 3.52. The minimum atomic E-state index is 0.172. The normalized spacial score (nSPS) is 18.6. The SMILES string of the molecule is NCC1CC(=O)N(c2cccc(-c3ccccc3)c2)C1. The second-order valence-corrected chi connectivity index (χ2v) is 5.23. The van der Waals surface area contributed by atoms with Gasteiger partial charge in [-0.2, -0.15) is 0 Å². The van der Waals surface area contributed by atoms with E-state index in [0.29, 0.717) is 13.0 Å². The highest BCUT2D eigenvalue weighted by Crippen LogP contribution is 2.28. The first kappa shape index (κ1) is 12.9. The lowest BCUT2D eigenvalue weighted by Crippen LogP contribution is -2.25. The quantitative estimate of drug-likeness (QED) is 0.928. The maximum Gasteiger partial charge on any atom is 0.227 e. The van der Waals surface area contributed by atoms with Crippen molar-refractivity contribution in [3.05, 3.63) is 54.6 Å². The predicted molar refractivity (Wildman–Crippen MR) is 81.4 cm³/mol. The van der Waals surface area contributed by atoms with Crippen molar-refractivity contribution in [3.8, 4) is 11.1 Å². The molecule has 0 radical (unpaired) electrons. The van der Waals surface area contributed by atoms with E-state index in [1.54, 1.807) is 0 Å². The molecule has 3 nitrogen and oxygen atoms in total. The van der Waals surface area contributed by atoms with Crippen LogP contribution in [0.2, 0.25) is 0 Å². The fraction of sp³-hybridized carbons (Fsp3) is 0.235. The molecule has 0 aliphatic carbocycles. The van der Waals surface area contributed by atoms with Crippen LogP contribution in [0.25, 0.3) is 11.1 Å². The summed E-state index contributed by atoms with van der Waals surface area (Å²) >= 11 is 0. The summed E-state index contributed by atoms with van der Waals surface area (Å²) in [4.78, 5) is 13.9. The summed E-state index contributed by atoms with van der Waals surface area (Å²) in [5.41, 5.74) is 8.94. The van der Waals surface area contributed by atoms with E-state index in [-0.39, 0.29) is 11.8 Å². The maximum atomic E-state index is 12.1. The smallest absolute Gasteiger partial charge is 0.227 e. The van der Waals surface area contributed by atoms with Crippen LogP contribution in [-0.4, -0.2) is 19.0 Å². The number of nitrogens with two attached hydrogens (primary N) is 1. The zero-order valence-corrected chi connectivity index (χ0v) is 11.3. The average Bonchev–Trinajstić information content (AvgIpc) is 2.89. The summed E-state index contributed by atoms with van der Waals surface area (Å²) in [5.74, 6) is 0.452. The van der Waals surface area contributed by atoms with Crippen molar-refractivity contribution in [1.82, 2.24) is 0 Å². The third-order valence-electron chi connectivity index (χ3n) is 3.80. The molecule has 2 aromatic carbocycles. The highest BCUT2D eigenvalue weighted by molar-refractivity contribution is 5.96. The monoisotopic (exact) mass is 266 g/mol. The van der Waals surface area contributed by atoms with Gasteiger partial charge >= 0.3 is 0 Å². The van der Waals surface area contributed by atoms with E-state index in [9.17, 15) is 4.79 Å². The first-order chi connectivity index (χ1) is 9.78. The highest BCUT2D eigenvalue weighted by Gasteiger charge is 2.29. The summed E-state index contributed by atoms with van der Waals surface area (Å²) in [7, 11) is 0. The van der Waals surface area contributed by atoms with Gasteiger partial charge in [0.05, 0.1) is 0 Å². The van der Waals surface area contributed by atoms with Crippen LogP contribution in [0.1, 0.15) is 6.42 Å². The van der Waals surface area contributed by atoms with E-state index in [4.69, 9.17) is 5.73 Å². The molecule has 3 rings (SSSR count). The summed E-state index contributed by atoms with van der Waals surface area (Å²) in [6, 6.07) is 18.3. The molecule has 1 atom stereocenters. The predicted octanol–water partition coefficient (Wildman–Crippen LogP) is 2.67. The van der Waals surface area contributed by atoms with E-state index in [2.05, 4.69) is 24.3 Å². The Labute approximate surface area is 119 Å². The molecule has 2 aromatic rings. The Balaban J connectivity index is 1.91. The molecular formula is C17H18N2O. The largest absolute Gasteiger partial charge is 0.330 e. The number of benzene rings is 2. The number of rotatable bonds is 3. The summed E-state index contributed by atoms with van der Waals surface area (Å²) in [5, 5.41) is 0. The van der Waals surface area contributed by atoms with Crippen molar-refractivity contribution in [2.75, 3.05) is 18.0 Å². The fourth-order valence-electron chi connectivity index (χ4n) is 2.67. The van der Waals surface area contributed by atoms with E-state index < -0.39 is 0 Å². The molecule has 1 aliphatic heterocycles. The number of anilines is 1. The van der Waals surface area contributed by atoms with Crippen LogP contribution < -0.4 is 10.6 Å². The molecule has 1 fully saturated rings.